The Labute approximate surface area is 91.7 Å². The van der Waals surface area contributed by atoms with Gasteiger partial charge in [0.25, 0.3) is 0 Å². The SMILES string of the molecule is CCCC(C)Nc1ncncc1N(C)C. The van der Waals surface area contributed by atoms with E-state index < -0.39 is 0 Å². The van der Waals surface area contributed by atoms with Crippen molar-refractivity contribution in [3.8, 4) is 0 Å². The molecule has 0 radical (unpaired) electrons. The lowest BCUT2D eigenvalue weighted by Crippen LogP contribution is -2.19. The highest BCUT2D eigenvalue weighted by Gasteiger charge is 2.08. The van der Waals surface area contributed by atoms with E-state index in [1.54, 1.807) is 6.33 Å². The van der Waals surface area contributed by atoms with Gasteiger partial charge in [-0.1, -0.05) is 13.3 Å². The van der Waals surface area contributed by atoms with Gasteiger partial charge in [-0.2, -0.15) is 0 Å². The lowest BCUT2D eigenvalue weighted by molar-refractivity contribution is 0.687. The first-order valence-corrected chi connectivity index (χ1v) is 5.39. The van der Waals surface area contributed by atoms with Crippen LogP contribution in [0, 0.1) is 0 Å². The molecule has 1 heterocycles. The summed E-state index contributed by atoms with van der Waals surface area (Å²) in [6.07, 6.45) is 5.73. The molecule has 1 aromatic rings. The highest BCUT2D eigenvalue weighted by Crippen LogP contribution is 2.20. The summed E-state index contributed by atoms with van der Waals surface area (Å²) in [6.45, 7) is 4.36. The third-order valence-corrected chi connectivity index (χ3v) is 2.28. The van der Waals surface area contributed by atoms with Gasteiger partial charge < -0.3 is 10.2 Å². The number of hydrogen-bond acceptors (Lipinski definition) is 4. The molecule has 1 N–H and O–H groups in total. The molecular formula is C11H20N4. The molecule has 1 rings (SSSR count). The Morgan fingerprint density at radius 2 is 2.20 bits per heavy atom. The zero-order valence-electron chi connectivity index (χ0n) is 9.99. The second kappa shape index (κ2) is 5.53. The molecule has 0 spiro atoms. The van der Waals surface area contributed by atoms with Gasteiger partial charge in [-0.15, -0.1) is 0 Å². The van der Waals surface area contributed by atoms with Gasteiger partial charge in [0, 0.05) is 20.1 Å². The van der Waals surface area contributed by atoms with E-state index in [9.17, 15) is 0 Å². The van der Waals surface area contributed by atoms with Crippen LogP contribution in [0.3, 0.4) is 0 Å². The van der Waals surface area contributed by atoms with Crippen LogP contribution < -0.4 is 10.2 Å². The minimum absolute atomic E-state index is 0.448. The monoisotopic (exact) mass is 208 g/mol. The van der Waals surface area contributed by atoms with Crippen LogP contribution in [0.2, 0.25) is 0 Å². The minimum atomic E-state index is 0.448. The van der Waals surface area contributed by atoms with Crippen LogP contribution in [0.25, 0.3) is 0 Å². The molecule has 4 nitrogen and oxygen atoms in total. The first-order chi connectivity index (χ1) is 7.15. The van der Waals surface area contributed by atoms with E-state index in [-0.39, 0.29) is 0 Å². The van der Waals surface area contributed by atoms with Crippen molar-refractivity contribution in [2.45, 2.75) is 32.7 Å². The molecule has 0 aliphatic heterocycles. The van der Waals surface area contributed by atoms with Crippen LogP contribution in [-0.2, 0) is 0 Å². The summed E-state index contributed by atoms with van der Waals surface area (Å²) in [5, 5.41) is 3.40. The summed E-state index contributed by atoms with van der Waals surface area (Å²) in [4.78, 5) is 10.3. The fourth-order valence-electron chi connectivity index (χ4n) is 1.50. The second-order valence-corrected chi connectivity index (χ2v) is 3.99. The summed E-state index contributed by atoms with van der Waals surface area (Å²) < 4.78 is 0. The molecule has 0 fully saturated rings. The van der Waals surface area contributed by atoms with E-state index in [1.807, 2.05) is 25.2 Å². The van der Waals surface area contributed by atoms with Gasteiger partial charge in [0.1, 0.15) is 6.33 Å². The van der Waals surface area contributed by atoms with Crippen molar-refractivity contribution >= 4 is 11.5 Å². The first-order valence-electron chi connectivity index (χ1n) is 5.39. The van der Waals surface area contributed by atoms with Crippen molar-refractivity contribution in [1.29, 1.82) is 0 Å². The summed E-state index contributed by atoms with van der Waals surface area (Å²) in [5.41, 5.74) is 1.03. The number of nitrogens with one attached hydrogen (secondary N) is 1. The number of anilines is 2. The van der Waals surface area contributed by atoms with Crippen molar-refractivity contribution < 1.29 is 0 Å². The van der Waals surface area contributed by atoms with Crippen LogP contribution in [-0.4, -0.2) is 30.1 Å². The quantitative estimate of drug-likeness (QED) is 0.805. The molecule has 1 unspecified atom stereocenters. The Balaban J connectivity index is 2.75. The third-order valence-electron chi connectivity index (χ3n) is 2.28. The van der Waals surface area contributed by atoms with Crippen molar-refractivity contribution in [3.05, 3.63) is 12.5 Å². The Morgan fingerprint density at radius 3 is 2.80 bits per heavy atom. The number of nitrogens with zero attached hydrogens (tertiary/aromatic N) is 3. The van der Waals surface area contributed by atoms with Crippen LogP contribution in [0.4, 0.5) is 11.5 Å². The molecule has 0 saturated carbocycles. The van der Waals surface area contributed by atoms with Crippen LogP contribution in [0.5, 0.6) is 0 Å². The van der Waals surface area contributed by atoms with Crippen molar-refractivity contribution in [2.24, 2.45) is 0 Å². The number of hydrogen-bond donors (Lipinski definition) is 1. The minimum Gasteiger partial charge on any atom is -0.373 e. The summed E-state index contributed by atoms with van der Waals surface area (Å²) in [6, 6.07) is 0.448. The number of rotatable bonds is 5. The van der Waals surface area contributed by atoms with Gasteiger partial charge >= 0.3 is 0 Å². The molecule has 4 heteroatoms. The van der Waals surface area contributed by atoms with Gasteiger partial charge in [-0.3, -0.25) is 0 Å². The Hall–Kier alpha value is -1.32. The van der Waals surface area contributed by atoms with Crippen molar-refractivity contribution in [3.63, 3.8) is 0 Å². The second-order valence-electron chi connectivity index (χ2n) is 3.99. The zero-order valence-corrected chi connectivity index (χ0v) is 9.99. The normalized spacial score (nSPS) is 12.3. The van der Waals surface area contributed by atoms with Crippen LogP contribution in [0.15, 0.2) is 12.5 Å². The van der Waals surface area contributed by atoms with E-state index in [0.717, 1.165) is 17.9 Å². The average molecular weight is 208 g/mol. The summed E-state index contributed by atoms with van der Waals surface area (Å²) in [7, 11) is 3.99. The average Bonchev–Trinajstić information content (AvgIpc) is 2.18. The molecule has 0 aliphatic carbocycles. The molecule has 0 aliphatic rings. The van der Waals surface area contributed by atoms with Gasteiger partial charge in [0.15, 0.2) is 5.82 Å². The van der Waals surface area contributed by atoms with Gasteiger partial charge in [0.05, 0.1) is 11.9 Å². The lowest BCUT2D eigenvalue weighted by atomic mass is 10.2. The topological polar surface area (TPSA) is 41.1 Å². The van der Waals surface area contributed by atoms with Crippen molar-refractivity contribution in [1.82, 2.24) is 9.97 Å². The standard InChI is InChI=1S/C11H20N4/c1-5-6-9(2)14-11-10(15(3)4)7-12-8-13-11/h7-9H,5-6H2,1-4H3,(H,12,13,14). The highest BCUT2D eigenvalue weighted by atomic mass is 15.1. The molecule has 0 amide bonds. The van der Waals surface area contributed by atoms with E-state index in [0.29, 0.717) is 6.04 Å². The van der Waals surface area contributed by atoms with E-state index in [1.165, 1.54) is 6.42 Å². The fourth-order valence-corrected chi connectivity index (χ4v) is 1.50. The molecule has 1 atom stereocenters. The Morgan fingerprint density at radius 1 is 1.47 bits per heavy atom. The highest BCUT2D eigenvalue weighted by molar-refractivity contribution is 5.63. The van der Waals surface area contributed by atoms with Crippen LogP contribution in [0.1, 0.15) is 26.7 Å². The molecule has 0 bridgehead atoms. The Bertz CT molecular complexity index is 298. The van der Waals surface area contributed by atoms with Gasteiger partial charge in [-0.05, 0) is 13.3 Å². The van der Waals surface area contributed by atoms with E-state index >= 15 is 0 Å². The maximum absolute atomic E-state index is 4.26. The zero-order chi connectivity index (χ0) is 11.3. The molecule has 1 aromatic heterocycles. The maximum Gasteiger partial charge on any atom is 0.153 e. The smallest absolute Gasteiger partial charge is 0.153 e. The predicted molar refractivity (Wildman–Crippen MR) is 64.4 cm³/mol. The third kappa shape index (κ3) is 3.38. The summed E-state index contributed by atoms with van der Waals surface area (Å²) >= 11 is 0. The van der Waals surface area contributed by atoms with Crippen LogP contribution >= 0.6 is 0 Å². The Kier molecular flexibility index (Phi) is 4.34. The van der Waals surface area contributed by atoms with E-state index in [4.69, 9.17) is 0 Å². The molecule has 0 aromatic carbocycles. The van der Waals surface area contributed by atoms with Gasteiger partial charge in [0.2, 0.25) is 0 Å². The van der Waals surface area contributed by atoms with Crippen molar-refractivity contribution in [2.75, 3.05) is 24.3 Å². The maximum atomic E-state index is 4.26. The molecule has 84 valence electrons. The molecular weight excluding hydrogens is 188 g/mol. The molecule has 0 saturated heterocycles. The molecule has 15 heavy (non-hydrogen) atoms. The number of aromatic nitrogens is 2. The van der Waals surface area contributed by atoms with E-state index in [2.05, 4.69) is 29.1 Å². The lowest BCUT2D eigenvalue weighted by Gasteiger charge is -2.19. The summed E-state index contributed by atoms with van der Waals surface area (Å²) in [5.74, 6) is 0.913. The first kappa shape index (κ1) is 11.8. The largest absolute Gasteiger partial charge is 0.373 e. The fraction of sp³-hybridized carbons (Fsp3) is 0.636. The predicted octanol–water partition coefficient (Wildman–Crippen LogP) is 2.14. The van der Waals surface area contributed by atoms with Gasteiger partial charge in [-0.25, -0.2) is 9.97 Å².